The van der Waals surface area contributed by atoms with Gasteiger partial charge in [-0.3, -0.25) is 0 Å². The Morgan fingerprint density at radius 1 is 0.696 bits per heavy atom. The van der Waals surface area contributed by atoms with Gasteiger partial charge in [0.2, 0.25) is 0 Å². The third kappa shape index (κ3) is 1.77. The van der Waals surface area contributed by atoms with E-state index < -0.39 is 0 Å². The lowest BCUT2D eigenvalue weighted by molar-refractivity contribution is 0.585. The number of halogens is 1. The highest BCUT2D eigenvalue weighted by Gasteiger charge is 2.38. The Morgan fingerprint density at radius 3 is 2.22 bits per heavy atom. The maximum Gasteiger partial charge on any atom is 0.127 e. The molecule has 0 aromatic heterocycles. The predicted octanol–water partition coefficient (Wildman–Crippen LogP) is 5.77. The Bertz CT molecular complexity index is 940. The van der Waals surface area contributed by atoms with E-state index in [4.69, 9.17) is 0 Å². The molecule has 0 radical (unpaired) electrons. The van der Waals surface area contributed by atoms with E-state index in [0.29, 0.717) is 0 Å². The van der Waals surface area contributed by atoms with Crippen molar-refractivity contribution in [1.82, 2.24) is 0 Å². The lowest BCUT2D eigenvalue weighted by atomic mass is 9.65. The summed E-state index contributed by atoms with van der Waals surface area (Å²) in [6.07, 6.45) is 10.0. The third-order valence-corrected chi connectivity index (χ3v) is 5.16. The van der Waals surface area contributed by atoms with E-state index in [1.165, 1.54) is 22.3 Å². The van der Waals surface area contributed by atoms with E-state index >= 15 is 0 Å². The van der Waals surface area contributed by atoms with Gasteiger partial charge in [0.05, 0.1) is 0 Å². The van der Waals surface area contributed by atoms with Crippen molar-refractivity contribution in [3.05, 3.63) is 106 Å². The molecule has 0 nitrogen and oxygen atoms in total. The van der Waals surface area contributed by atoms with Gasteiger partial charge in [0.1, 0.15) is 5.83 Å². The van der Waals surface area contributed by atoms with Crippen molar-refractivity contribution in [2.75, 3.05) is 0 Å². The molecule has 1 heteroatoms. The molecule has 0 spiro atoms. The van der Waals surface area contributed by atoms with Gasteiger partial charge in [-0.15, -0.1) is 0 Å². The zero-order valence-corrected chi connectivity index (χ0v) is 12.5. The first-order valence-electron chi connectivity index (χ1n) is 7.98. The molecule has 0 saturated carbocycles. The van der Waals surface area contributed by atoms with E-state index in [2.05, 4.69) is 54.6 Å². The summed E-state index contributed by atoms with van der Waals surface area (Å²) in [5.74, 6) is 0.148. The van der Waals surface area contributed by atoms with Crippen LogP contribution in [-0.4, -0.2) is 0 Å². The van der Waals surface area contributed by atoms with Crippen LogP contribution in [0.1, 0.15) is 34.1 Å². The van der Waals surface area contributed by atoms with Crippen LogP contribution in [0.25, 0.3) is 12.2 Å². The molecule has 2 aromatic rings. The van der Waals surface area contributed by atoms with Gasteiger partial charge in [-0.1, -0.05) is 72.8 Å². The fourth-order valence-corrected chi connectivity index (χ4v) is 4.14. The Labute approximate surface area is 135 Å². The van der Waals surface area contributed by atoms with Crippen LogP contribution in [0, 0.1) is 0 Å². The first-order chi connectivity index (χ1) is 11.3. The quantitative estimate of drug-likeness (QED) is 0.579. The minimum absolute atomic E-state index is 0.0577. The molecule has 2 atom stereocenters. The molecule has 5 rings (SSSR count). The molecule has 0 heterocycles. The summed E-state index contributed by atoms with van der Waals surface area (Å²) in [5, 5.41) is 0. The van der Waals surface area contributed by atoms with Gasteiger partial charge in [0.15, 0.2) is 0 Å². The van der Waals surface area contributed by atoms with Crippen LogP contribution in [0.5, 0.6) is 0 Å². The summed E-state index contributed by atoms with van der Waals surface area (Å²) in [4.78, 5) is 0. The molecule has 0 bridgehead atoms. The number of allylic oxidation sites excluding steroid dienone is 6. The molecular weight excluding hydrogens is 283 g/mol. The van der Waals surface area contributed by atoms with Gasteiger partial charge < -0.3 is 0 Å². The van der Waals surface area contributed by atoms with Crippen molar-refractivity contribution >= 4 is 12.2 Å². The Balaban J connectivity index is 1.79. The monoisotopic (exact) mass is 298 g/mol. The largest absolute Gasteiger partial charge is 0.207 e. The third-order valence-electron chi connectivity index (χ3n) is 5.16. The van der Waals surface area contributed by atoms with Crippen LogP contribution in [-0.2, 0) is 0 Å². The van der Waals surface area contributed by atoms with Crippen LogP contribution >= 0.6 is 0 Å². The SMILES string of the molecule is FC1=Cc2ccccc2C2C1=CC=C1C=Cc3ccccc3C12. The second kappa shape index (κ2) is 4.66. The molecule has 0 N–H and O–H groups in total. The van der Waals surface area contributed by atoms with Crippen LogP contribution in [0.3, 0.4) is 0 Å². The van der Waals surface area contributed by atoms with Crippen LogP contribution in [0.2, 0.25) is 0 Å². The Hall–Kier alpha value is -2.67. The Morgan fingerprint density at radius 2 is 1.39 bits per heavy atom. The normalized spacial score (nSPS) is 23.6. The topological polar surface area (TPSA) is 0 Å². The summed E-state index contributed by atoms with van der Waals surface area (Å²) in [7, 11) is 0. The first kappa shape index (κ1) is 12.8. The van der Waals surface area contributed by atoms with Gasteiger partial charge in [-0.2, -0.15) is 0 Å². The van der Waals surface area contributed by atoms with E-state index in [1.54, 1.807) is 6.08 Å². The van der Waals surface area contributed by atoms with E-state index in [1.807, 2.05) is 18.2 Å². The van der Waals surface area contributed by atoms with Crippen molar-refractivity contribution < 1.29 is 4.39 Å². The van der Waals surface area contributed by atoms with Crippen LogP contribution in [0.4, 0.5) is 4.39 Å². The maximum atomic E-state index is 14.7. The minimum atomic E-state index is -0.101. The van der Waals surface area contributed by atoms with Gasteiger partial charge in [0, 0.05) is 11.8 Å². The highest BCUT2D eigenvalue weighted by atomic mass is 19.1. The molecular formula is C22H15F. The van der Waals surface area contributed by atoms with Gasteiger partial charge in [0.25, 0.3) is 0 Å². The molecule has 3 aliphatic carbocycles. The summed E-state index contributed by atoms with van der Waals surface area (Å²) in [6, 6.07) is 16.6. The molecule has 2 aromatic carbocycles. The van der Waals surface area contributed by atoms with Crippen molar-refractivity contribution in [3.8, 4) is 0 Å². The second-order valence-corrected chi connectivity index (χ2v) is 6.33. The predicted molar refractivity (Wildman–Crippen MR) is 92.7 cm³/mol. The smallest absolute Gasteiger partial charge is 0.127 e. The Kier molecular flexibility index (Phi) is 2.60. The number of benzene rings is 2. The minimum Gasteiger partial charge on any atom is -0.207 e. The average molecular weight is 298 g/mol. The summed E-state index contributed by atoms with van der Waals surface area (Å²) in [5.41, 5.74) is 6.83. The average Bonchev–Trinajstić information content (AvgIpc) is 2.61. The standard InChI is InChI=1S/C22H15F/c23-20-13-16-6-2-4-8-18(16)22-19(20)12-11-15-10-9-14-5-1-3-7-17(14)21(15)22/h1-13,21-22H. The molecule has 0 saturated heterocycles. The van der Waals surface area contributed by atoms with Gasteiger partial charge in [-0.05, 0) is 39.5 Å². The zero-order chi connectivity index (χ0) is 15.4. The van der Waals surface area contributed by atoms with Gasteiger partial charge in [-0.25, -0.2) is 4.39 Å². The van der Waals surface area contributed by atoms with Gasteiger partial charge >= 0.3 is 0 Å². The van der Waals surface area contributed by atoms with Crippen molar-refractivity contribution in [3.63, 3.8) is 0 Å². The molecule has 110 valence electrons. The van der Waals surface area contributed by atoms with Crippen molar-refractivity contribution in [2.45, 2.75) is 11.8 Å². The second-order valence-electron chi connectivity index (χ2n) is 6.33. The summed E-state index contributed by atoms with van der Waals surface area (Å²) < 4.78 is 14.7. The van der Waals surface area contributed by atoms with Crippen LogP contribution < -0.4 is 0 Å². The van der Waals surface area contributed by atoms with E-state index in [0.717, 1.165) is 11.1 Å². The highest BCUT2D eigenvalue weighted by molar-refractivity contribution is 5.73. The summed E-state index contributed by atoms with van der Waals surface area (Å²) in [6.45, 7) is 0. The number of hydrogen-bond donors (Lipinski definition) is 0. The number of hydrogen-bond acceptors (Lipinski definition) is 0. The highest BCUT2D eigenvalue weighted by Crippen LogP contribution is 2.53. The molecule has 0 fully saturated rings. The van der Waals surface area contributed by atoms with Crippen molar-refractivity contribution in [2.24, 2.45) is 0 Å². The molecule has 3 aliphatic rings. The van der Waals surface area contributed by atoms with E-state index in [9.17, 15) is 4.39 Å². The van der Waals surface area contributed by atoms with Crippen LogP contribution in [0.15, 0.2) is 83.7 Å². The molecule has 0 aliphatic heterocycles. The van der Waals surface area contributed by atoms with Crippen molar-refractivity contribution in [1.29, 1.82) is 0 Å². The molecule has 0 amide bonds. The molecule has 23 heavy (non-hydrogen) atoms. The fourth-order valence-electron chi connectivity index (χ4n) is 4.14. The number of rotatable bonds is 0. The number of fused-ring (bicyclic) bond motifs is 7. The molecule has 2 unspecified atom stereocenters. The lowest BCUT2D eigenvalue weighted by Crippen LogP contribution is -2.23. The summed E-state index contributed by atoms with van der Waals surface area (Å²) >= 11 is 0. The first-order valence-corrected chi connectivity index (χ1v) is 7.98. The lowest BCUT2D eigenvalue weighted by Gasteiger charge is -2.38. The maximum absolute atomic E-state index is 14.7. The fraction of sp³-hybridized carbons (Fsp3) is 0.0909. The zero-order valence-electron chi connectivity index (χ0n) is 12.5. The van der Waals surface area contributed by atoms with E-state index in [-0.39, 0.29) is 17.7 Å².